The summed E-state index contributed by atoms with van der Waals surface area (Å²) >= 11 is 9.40. The number of nitrogens with two attached hydrogens (primary N) is 1. The molecule has 0 spiro atoms. The highest BCUT2D eigenvalue weighted by atomic mass is 79.9. The van der Waals surface area contributed by atoms with Gasteiger partial charge in [-0.05, 0) is 42.5 Å². The Morgan fingerprint density at radius 2 is 1.76 bits per heavy atom. The smallest absolute Gasteiger partial charge is 0.0656 e. The van der Waals surface area contributed by atoms with Crippen LogP contribution in [0.4, 0.5) is 17.1 Å². The summed E-state index contributed by atoms with van der Waals surface area (Å²) in [6.45, 7) is 0. The molecule has 0 fully saturated rings. The first kappa shape index (κ1) is 12.3. The van der Waals surface area contributed by atoms with Crippen molar-refractivity contribution in [1.82, 2.24) is 0 Å². The van der Waals surface area contributed by atoms with Gasteiger partial charge in [-0.25, -0.2) is 0 Å². The number of nitrogen functional groups attached to an aromatic ring is 1. The Morgan fingerprint density at radius 1 is 1.12 bits per heavy atom. The van der Waals surface area contributed by atoms with Gasteiger partial charge >= 0.3 is 0 Å². The number of halogens is 2. The van der Waals surface area contributed by atoms with Crippen molar-refractivity contribution in [3.05, 3.63) is 52.0 Å². The fourth-order valence-corrected chi connectivity index (χ4v) is 2.04. The van der Waals surface area contributed by atoms with E-state index in [9.17, 15) is 0 Å². The van der Waals surface area contributed by atoms with Crippen LogP contribution in [0.5, 0.6) is 0 Å². The van der Waals surface area contributed by atoms with E-state index in [0.29, 0.717) is 10.7 Å². The van der Waals surface area contributed by atoms with E-state index < -0.39 is 0 Å². The van der Waals surface area contributed by atoms with Crippen molar-refractivity contribution < 1.29 is 0 Å². The van der Waals surface area contributed by atoms with Crippen LogP contribution >= 0.6 is 27.5 Å². The molecule has 0 saturated heterocycles. The van der Waals surface area contributed by atoms with E-state index >= 15 is 0 Å². The zero-order valence-corrected chi connectivity index (χ0v) is 11.7. The average Bonchev–Trinajstić information content (AvgIpc) is 2.32. The summed E-state index contributed by atoms with van der Waals surface area (Å²) < 4.78 is 1.05. The predicted octanol–water partition coefficient (Wildman–Crippen LogP) is 4.45. The third kappa shape index (κ3) is 2.73. The molecular weight excluding hydrogens is 300 g/mol. The first-order valence-electron chi connectivity index (χ1n) is 5.12. The van der Waals surface area contributed by atoms with Gasteiger partial charge in [-0.1, -0.05) is 27.5 Å². The number of hydrogen-bond acceptors (Lipinski definition) is 2. The minimum absolute atomic E-state index is 0.679. The third-order valence-electron chi connectivity index (χ3n) is 2.57. The van der Waals surface area contributed by atoms with Gasteiger partial charge in [-0.2, -0.15) is 0 Å². The van der Waals surface area contributed by atoms with Crippen molar-refractivity contribution in [3.63, 3.8) is 0 Å². The SMILES string of the molecule is CN(c1ccc(Br)cc1)c1cc(Cl)ccc1N. The van der Waals surface area contributed by atoms with Crippen LogP contribution in [0.25, 0.3) is 0 Å². The molecule has 0 heterocycles. The summed E-state index contributed by atoms with van der Waals surface area (Å²) in [5, 5.41) is 0.679. The van der Waals surface area contributed by atoms with Crippen LogP contribution in [0.15, 0.2) is 46.9 Å². The molecule has 0 atom stereocenters. The average molecular weight is 312 g/mol. The Kier molecular flexibility index (Phi) is 3.60. The molecule has 0 unspecified atom stereocenters. The Hall–Kier alpha value is -1.19. The lowest BCUT2D eigenvalue weighted by atomic mass is 10.2. The number of nitrogens with zero attached hydrogens (tertiary/aromatic N) is 1. The molecule has 2 rings (SSSR count). The fraction of sp³-hybridized carbons (Fsp3) is 0.0769. The first-order valence-corrected chi connectivity index (χ1v) is 6.29. The molecular formula is C13H12BrClN2. The molecule has 88 valence electrons. The van der Waals surface area contributed by atoms with Crippen LogP contribution in [0, 0.1) is 0 Å². The quantitative estimate of drug-likeness (QED) is 0.830. The van der Waals surface area contributed by atoms with Crippen LogP contribution in [0.2, 0.25) is 5.02 Å². The fourth-order valence-electron chi connectivity index (χ4n) is 1.61. The van der Waals surface area contributed by atoms with Crippen LogP contribution in [0.1, 0.15) is 0 Å². The molecule has 2 nitrogen and oxygen atoms in total. The van der Waals surface area contributed by atoms with Crippen LogP contribution in [-0.2, 0) is 0 Å². The molecule has 0 aliphatic heterocycles. The van der Waals surface area contributed by atoms with Gasteiger partial charge in [-0.3, -0.25) is 0 Å². The normalized spacial score (nSPS) is 10.3. The Bertz CT molecular complexity index is 525. The maximum Gasteiger partial charge on any atom is 0.0656 e. The second kappa shape index (κ2) is 4.98. The lowest BCUT2D eigenvalue weighted by Gasteiger charge is -2.21. The summed E-state index contributed by atoms with van der Waals surface area (Å²) in [5.41, 5.74) is 8.62. The molecule has 0 bridgehead atoms. The van der Waals surface area contributed by atoms with Crippen molar-refractivity contribution in [2.45, 2.75) is 0 Å². The van der Waals surface area contributed by atoms with Gasteiger partial charge in [0.1, 0.15) is 0 Å². The monoisotopic (exact) mass is 310 g/mol. The van der Waals surface area contributed by atoms with Crippen molar-refractivity contribution in [2.75, 3.05) is 17.7 Å². The molecule has 2 N–H and O–H groups in total. The van der Waals surface area contributed by atoms with Crippen LogP contribution in [-0.4, -0.2) is 7.05 Å². The van der Waals surface area contributed by atoms with Crippen LogP contribution in [0.3, 0.4) is 0 Å². The molecule has 0 saturated carbocycles. The van der Waals surface area contributed by atoms with Gasteiger partial charge in [0.25, 0.3) is 0 Å². The largest absolute Gasteiger partial charge is 0.397 e. The predicted molar refractivity (Wildman–Crippen MR) is 78.1 cm³/mol. The van der Waals surface area contributed by atoms with E-state index in [4.69, 9.17) is 17.3 Å². The van der Waals surface area contributed by atoms with Gasteiger partial charge in [0.05, 0.1) is 11.4 Å². The standard InChI is InChI=1S/C13H12BrClN2/c1-17(11-5-2-9(14)3-6-11)13-8-10(15)4-7-12(13)16/h2-8H,16H2,1H3. The molecule has 0 aliphatic carbocycles. The highest BCUT2D eigenvalue weighted by molar-refractivity contribution is 9.10. The molecule has 0 aromatic heterocycles. The maximum absolute atomic E-state index is 5.98. The molecule has 2 aromatic rings. The topological polar surface area (TPSA) is 29.3 Å². The van der Waals surface area contributed by atoms with E-state index in [1.54, 1.807) is 6.07 Å². The van der Waals surface area contributed by atoms with Crippen molar-refractivity contribution in [2.24, 2.45) is 0 Å². The summed E-state index contributed by atoms with van der Waals surface area (Å²) in [6, 6.07) is 13.5. The lowest BCUT2D eigenvalue weighted by Crippen LogP contribution is -2.11. The summed E-state index contributed by atoms with van der Waals surface area (Å²) in [5.74, 6) is 0. The molecule has 0 radical (unpaired) electrons. The summed E-state index contributed by atoms with van der Waals surface area (Å²) in [7, 11) is 1.96. The Labute approximate surface area is 114 Å². The first-order chi connectivity index (χ1) is 8.08. The van der Waals surface area contributed by atoms with E-state index in [1.165, 1.54) is 0 Å². The second-order valence-corrected chi connectivity index (χ2v) is 5.09. The van der Waals surface area contributed by atoms with E-state index in [1.807, 2.05) is 48.3 Å². The number of anilines is 3. The van der Waals surface area contributed by atoms with Crippen molar-refractivity contribution in [3.8, 4) is 0 Å². The number of rotatable bonds is 2. The summed E-state index contributed by atoms with van der Waals surface area (Å²) in [6.07, 6.45) is 0. The number of benzene rings is 2. The zero-order valence-electron chi connectivity index (χ0n) is 9.32. The number of hydrogen-bond donors (Lipinski definition) is 1. The van der Waals surface area contributed by atoms with Crippen molar-refractivity contribution in [1.29, 1.82) is 0 Å². The van der Waals surface area contributed by atoms with Gasteiger partial charge in [-0.15, -0.1) is 0 Å². The van der Waals surface area contributed by atoms with Crippen LogP contribution < -0.4 is 10.6 Å². The van der Waals surface area contributed by atoms with Gasteiger partial charge in [0.2, 0.25) is 0 Å². The molecule has 0 aliphatic rings. The van der Waals surface area contributed by atoms with E-state index in [-0.39, 0.29) is 0 Å². The molecule has 2 aromatic carbocycles. The maximum atomic E-state index is 5.98. The molecule has 4 heteroatoms. The highest BCUT2D eigenvalue weighted by Gasteiger charge is 2.08. The molecule has 17 heavy (non-hydrogen) atoms. The third-order valence-corrected chi connectivity index (χ3v) is 3.33. The van der Waals surface area contributed by atoms with E-state index in [2.05, 4.69) is 15.9 Å². The minimum atomic E-state index is 0.679. The van der Waals surface area contributed by atoms with Gasteiger partial charge in [0.15, 0.2) is 0 Å². The lowest BCUT2D eigenvalue weighted by molar-refractivity contribution is 1.21. The van der Waals surface area contributed by atoms with Crippen molar-refractivity contribution >= 4 is 44.6 Å². The van der Waals surface area contributed by atoms with Gasteiger partial charge < -0.3 is 10.6 Å². The highest BCUT2D eigenvalue weighted by Crippen LogP contribution is 2.31. The Balaban J connectivity index is 2.39. The van der Waals surface area contributed by atoms with E-state index in [0.717, 1.165) is 15.8 Å². The Morgan fingerprint density at radius 3 is 2.41 bits per heavy atom. The molecule has 0 amide bonds. The zero-order chi connectivity index (χ0) is 12.4. The van der Waals surface area contributed by atoms with Gasteiger partial charge in [0, 0.05) is 22.2 Å². The minimum Gasteiger partial charge on any atom is -0.397 e. The second-order valence-electron chi connectivity index (χ2n) is 3.74. The summed E-state index contributed by atoms with van der Waals surface area (Å²) in [4.78, 5) is 2.01.